The van der Waals surface area contributed by atoms with Gasteiger partial charge in [0.2, 0.25) is 0 Å². The molecule has 2 aliphatic rings. The first-order valence-corrected chi connectivity index (χ1v) is 11.0. The third-order valence-electron chi connectivity index (χ3n) is 5.59. The van der Waals surface area contributed by atoms with E-state index in [4.69, 9.17) is 10.5 Å². The summed E-state index contributed by atoms with van der Waals surface area (Å²) in [5.74, 6) is 0.463. The molecule has 0 aromatic heterocycles. The number of benzene rings is 2. The number of anilines is 3. The highest BCUT2D eigenvalue weighted by atomic mass is 35.5. The Labute approximate surface area is 178 Å². The number of nitrogens with zero attached hydrogens (tertiary/aromatic N) is 2. The maximum atomic E-state index is 12.8. The van der Waals surface area contributed by atoms with Crippen LogP contribution in [-0.4, -0.2) is 52.6 Å². The lowest BCUT2D eigenvalue weighted by atomic mass is 10.1. The zero-order chi connectivity index (χ0) is 19.7. The summed E-state index contributed by atoms with van der Waals surface area (Å²) in [5.41, 5.74) is 8.04. The van der Waals surface area contributed by atoms with Crippen molar-refractivity contribution in [2.75, 3.05) is 48.6 Å². The first-order chi connectivity index (χ1) is 13.5. The van der Waals surface area contributed by atoms with Crippen molar-refractivity contribution in [3.05, 3.63) is 42.5 Å². The smallest absolute Gasteiger partial charge is 0.262 e. The van der Waals surface area contributed by atoms with Crippen LogP contribution >= 0.6 is 12.4 Å². The van der Waals surface area contributed by atoms with Gasteiger partial charge in [-0.3, -0.25) is 9.62 Å². The predicted molar refractivity (Wildman–Crippen MR) is 119 cm³/mol. The summed E-state index contributed by atoms with van der Waals surface area (Å²) in [5, 5.41) is 0. The molecule has 0 bridgehead atoms. The van der Waals surface area contributed by atoms with Crippen molar-refractivity contribution in [3.63, 3.8) is 0 Å². The molecule has 1 unspecified atom stereocenters. The molecule has 0 aliphatic carbocycles. The monoisotopic (exact) mass is 438 g/mol. The molecule has 2 heterocycles. The van der Waals surface area contributed by atoms with Crippen LogP contribution in [0.25, 0.3) is 0 Å². The maximum absolute atomic E-state index is 12.8. The Kier molecular flexibility index (Phi) is 6.45. The molecule has 3 N–H and O–H groups in total. The van der Waals surface area contributed by atoms with Crippen LogP contribution in [0.15, 0.2) is 47.4 Å². The summed E-state index contributed by atoms with van der Waals surface area (Å²) < 4.78 is 33.4. The lowest BCUT2D eigenvalue weighted by molar-refractivity contribution is 0.231. The molecular formula is C20H27ClN4O3S. The third kappa shape index (κ3) is 4.39. The Hall–Kier alpha value is -2.16. The number of sulfonamides is 1. The second kappa shape index (κ2) is 8.69. The summed E-state index contributed by atoms with van der Waals surface area (Å²) in [6, 6.07) is 12.4. The van der Waals surface area contributed by atoms with E-state index in [1.165, 1.54) is 32.6 Å². The minimum absolute atomic E-state index is 0. The molecule has 7 nitrogen and oxygen atoms in total. The maximum Gasteiger partial charge on any atom is 0.262 e. The van der Waals surface area contributed by atoms with Crippen molar-refractivity contribution in [2.45, 2.75) is 23.8 Å². The van der Waals surface area contributed by atoms with Crippen molar-refractivity contribution in [2.24, 2.45) is 0 Å². The van der Waals surface area contributed by atoms with Gasteiger partial charge in [-0.2, -0.15) is 0 Å². The molecule has 4 rings (SSSR count). The van der Waals surface area contributed by atoms with E-state index in [0.717, 1.165) is 25.3 Å². The van der Waals surface area contributed by atoms with E-state index in [-0.39, 0.29) is 17.3 Å². The fraction of sp³-hybridized carbons (Fsp3) is 0.400. The normalized spacial score (nSPS) is 19.3. The Morgan fingerprint density at radius 2 is 1.93 bits per heavy atom. The van der Waals surface area contributed by atoms with Crippen LogP contribution in [0.5, 0.6) is 5.75 Å². The first kappa shape index (κ1) is 21.5. The largest absolute Gasteiger partial charge is 0.495 e. The van der Waals surface area contributed by atoms with Crippen LogP contribution in [0, 0.1) is 0 Å². The molecule has 0 radical (unpaired) electrons. The van der Waals surface area contributed by atoms with E-state index in [9.17, 15) is 8.42 Å². The molecule has 2 saturated heterocycles. The first-order valence-electron chi connectivity index (χ1n) is 9.52. The van der Waals surface area contributed by atoms with Gasteiger partial charge in [0, 0.05) is 25.7 Å². The van der Waals surface area contributed by atoms with Crippen LogP contribution in [0.2, 0.25) is 0 Å². The van der Waals surface area contributed by atoms with Gasteiger partial charge in [0.1, 0.15) is 5.75 Å². The molecular weight excluding hydrogens is 412 g/mol. The summed E-state index contributed by atoms with van der Waals surface area (Å²) in [6.07, 6.45) is 2.46. The van der Waals surface area contributed by atoms with Crippen molar-refractivity contribution in [1.29, 1.82) is 0 Å². The highest BCUT2D eigenvalue weighted by Crippen LogP contribution is 2.32. The van der Waals surface area contributed by atoms with Gasteiger partial charge >= 0.3 is 0 Å². The van der Waals surface area contributed by atoms with Gasteiger partial charge in [-0.1, -0.05) is 12.1 Å². The highest BCUT2D eigenvalue weighted by Gasteiger charge is 2.31. The Balaban J connectivity index is 0.00000240. The van der Waals surface area contributed by atoms with Crippen LogP contribution < -0.4 is 20.1 Å². The zero-order valence-electron chi connectivity index (χ0n) is 16.4. The van der Waals surface area contributed by atoms with Crippen LogP contribution in [0.1, 0.15) is 12.8 Å². The lowest BCUT2D eigenvalue weighted by Gasteiger charge is -2.39. The number of halogens is 1. The number of para-hydroxylation sites is 2. The molecule has 9 heteroatoms. The molecule has 1 atom stereocenters. The topological polar surface area (TPSA) is 87.9 Å². The second-order valence-electron chi connectivity index (χ2n) is 7.30. The van der Waals surface area contributed by atoms with Gasteiger partial charge in [-0.25, -0.2) is 8.42 Å². The van der Waals surface area contributed by atoms with E-state index in [1.807, 2.05) is 6.07 Å². The lowest BCUT2D eigenvalue weighted by Crippen LogP contribution is -2.50. The van der Waals surface area contributed by atoms with Crippen LogP contribution in [-0.2, 0) is 10.0 Å². The number of fused-ring (bicyclic) bond motifs is 1. The van der Waals surface area contributed by atoms with Gasteiger partial charge in [0.15, 0.2) is 0 Å². The predicted octanol–water partition coefficient (Wildman–Crippen LogP) is 2.78. The van der Waals surface area contributed by atoms with Crippen molar-refractivity contribution in [3.8, 4) is 5.75 Å². The number of hydrogen-bond acceptors (Lipinski definition) is 6. The van der Waals surface area contributed by atoms with Gasteiger partial charge in [0.05, 0.1) is 29.1 Å². The van der Waals surface area contributed by atoms with Crippen LogP contribution in [0.3, 0.4) is 0 Å². The van der Waals surface area contributed by atoms with Gasteiger partial charge in [-0.15, -0.1) is 12.4 Å². The molecule has 0 spiro atoms. The molecule has 2 aliphatic heterocycles. The van der Waals surface area contributed by atoms with Gasteiger partial charge < -0.3 is 15.4 Å². The van der Waals surface area contributed by atoms with Crippen LogP contribution in [0.4, 0.5) is 17.1 Å². The molecule has 2 aromatic rings. The minimum atomic E-state index is -3.77. The van der Waals surface area contributed by atoms with Crippen molar-refractivity contribution >= 4 is 39.5 Å². The van der Waals surface area contributed by atoms with E-state index >= 15 is 0 Å². The second-order valence-corrected chi connectivity index (χ2v) is 8.99. The summed E-state index contributed by atoms with van der Waals surface area (Å²) in [6.45, 7) is 4.06. The number of nitrogens with two attached hydrogens (primary N) is 1. The number of nitrogen functional groups attached to an aromatic ring is 1. The number of piperazine rings is 1. The van der Waals surface area contributed by atoms with E-state index in [2.05, 4.69) is 14.5 Å². The number of methoxy groups -OCH3 is 1. The molecule has 2 fully saturated rings. The number of hydrogen-bond donors (Lipinski definition) is 2. The minimum Gasteiger partial charge on any atom is -0.495 e. The fourth-order valence-corrected chi connectivity index (χ4v) is 5.24. The summed E-state index contributed by atoms with van der Waals surface area (Å²) >= 11 is 0. The Morgan fingerprint density at radius 3 is 2.69 bits per heavy atom. The SMILES string of the molecule is COc1ccccc1NS(=O)(=O)c1ccc(N2CCN3CCCC3C2)c(N)c1.Cl. The van der Waals surface area contributed by atoms with Gasteiger partial charge in [-0.05, 0) is 49.7 Å². The Bertz CT molecular complexity index is 970. The van der Waals surface area contributed by atoms with Gasteiger partial charge in [0.25, 0.3) is 10.0 Å². The quantitative estimate of drug-likeness (QED) is 0.698. The van der Waals surface area contributed by atoms with Crippen molar-refractivity contribution in [1.82, 2.24) is 4.90 Å². The molecule has 158 valence electrons. The molecule has 0 amide bonds. The summed E-state index contributed by atoms with van der Waals surface area (Å²) in [4.78, 5) is 4.94. The van der Waals surface area contributed by atoms with Crippen molar-refractivity contribution < 1.29 is 13.2 Å². The average molecular weight is 439 g/mol. The number of rotatable bonds is 5. The molecule has 0 saturated carbocycles. The number of ether oxygens (including phenoxy) is 1. The molecule has 29 heavy (non-hydrogen) atoms. The summed E-state index contributed by atoms with van der Waals surface area (Å²) in [7, 11) is -2.26. The molecule has 2 aromatic carbocycles. The van der Waals surface area contributed by atoms with E-state index in [1.54, 1.807) is 30.3 Å². The standard InChI is InChI=1S/C20H26N4O3S.ClH/c1-27-20-7-3-2-6-18(20)22-28(25,26)16-8-9-19(17(21)13-16)24-12-11-23-10-4-5-15(23)14-24;/h2-3,6-9,13,15,22H,4-5,10-12,14,21H2,1H3;1H. The fourth-order valence-electron chi connectivity index (χ4n) is 4.13. The average Bonchev–Trinajstić information content (AvgIpc) is 3.16. The highest BCUT2D eigenvalue weighted by molar-refractivity contribution is 7.92. The zero-order valence-corrected chi connectivity index (χ0v) is 18.0. The van der Waals surface area contributed by atoms with E-state index < -0.39 is 10.0 Å². The van der Waals surface area contributed by atoms with E-state index in [0.29, 0.717) is 23.2 Å². The number of nitrogens with one attached hydrogen (secondary N) is 1. The Morgan fingerprint density at radius 1 is 1.14 bits per heavy atom. The third-order valence-corrected chi connectivity index (χ3v) is 6.95.